The molecule has 23 heavy (non-hydrogen) atoms. The molecule has 1 aromatic rings. The zero-order valence-corrected chi connectivity index (χ0v) is 15.0. The van der Waals surface area contributed by atoms with E-state index in [1.165, 1.54) is 25.7 Å². The van der Waals surface area contributed by atoms with E-state index in [0.29, 0.717) is 15.9 Å². The van der Waals surface area contributed by atoms with Crippen molar-refractivity contribution >= 4 is 21.2 Å². The fourth-order valence-corrected chi connectivity index (χ4v) is 4.53. The van der Waals surface area contributed by atoms with Crippen LogP contribution in [0.3, 0.4) is 0 Å². The predicted octanol–water partition coefficient (Wildman–Crippen LogP) is 4.08. The van der Waals surface area contributed by atoms with E-state index in [1.807, 2.05) is 19.9 Å². The molecule has 2 aliphatic rings. The van der Waals surface area contributed by atoms with Gasteiger partial charge in [-0.1, -0.05) is 0 Å². The van der Waals surface area contributed by atoms with Crippen molar-refractivity contribution in [3.8, 4) is 0 Å². The molecule has 3 rings (SSSR count). The smallest absolute Gasteiger partial charge is 0.161 e. The predicted molar refractivity (Wildman–Crippen MR) is 93.8 cm³/mol. The Labute approximate surface area is 139 Å². The molecule has 126 valence electrons. The van der Waals surface area contributed by atoms with Crippen molar-refractivity contribution in [1.29, 1.82) is 4.78 Å². The highest BCUT2D eigenvalue weighted by atomic mass is 32.2. The van der Waals surface area contributed by atoms with Gasteiger partial charge in [-0.15, -0.1) is 0 Å². The number of hydrogen-bond donors (Lipinski definition) is 1. The van der Waals surface area contributed by atoms with Crippen LogP contribution < -0.4 is 4.90 Å². The van der Waals surface area contributed by atoms with E-state index in [1.54, 1.807) is 19.1 Å². The van der Waals surface area contributed by atoms with Crippen LogP contribution in [-0.4, -0.2) is 28.3 Å². The summed E-state index contributed by atoms with van der Waals surface area (Å²) in [6, 6.07) is 5.28. The highest BCUT2D eigenvalue weighted by molar-refractivity contribution is 7.93. The Morgan fingerprint density at radius 3 is 2.30 bits per heavy atom. The van der Waals surface area contributed by atoms with E-state index < -0.39 is 9.73 Å². The first kappa shape index (κ1) is 16.5. The Balaban J connectivity index is 1.97. The molecule has 1 heterocycles. The number of ketones is 1. The largest absolute Gasteiger partial charge is 0.371 e. The first-order valence-electron chi connectivity index (χ1n) is 8.43. The number of hydrogen-bond acceptors (Lipinski definition) is 4. The Morgan fingerprint density at radius 1 is 1.22 bits per heavy atom. The molecule has 1 spiro atoms. The molecule has 1 atom stereocenters. The van der Waals surface area contributed by atoms with Crippen LogP contribution in [0.15, 0.2) is 23.1 Å². The van der Waals surface area contributed by atoms with Crippen LogP contribution in [0.1, 0.15) is 56.8 Å². The number of Topliss-reactive ketones (excluding diaryl/α,β-unsaturated/α-hetero) is 1. The molecule has 1 N–H and O–H groups in total. The summed E-state index contributed by atoms with van der Waals surface area (Å²) in [5.41, 5.74) is 2.12. The van der Waals surface area contributed by atoms with Crippen LogP contribution in [0.5, 0.6) is 0 Å². The van der Waals surface area contributed by atoms with Gasteiger partial charge in [0.2, 0.25) is 0 Å². The van der Waals surface area contributed by atoms with E-state index in [2.05, 4.69) is 4.90 Å². The average molecular weight is 334 g/mol. The van der Waals surface area contributed by atoms with Crippen LogP contribution >= 0.6 is 0 Å². The van der Waals surface area contributed by atoms with E-state index in [0.717, 1.165) is 18.8 Å². The lowest BCUT2D eigenvalue weighted by Gasteiger charge is -2.35. The maximum atomic E-state index is 12.7. The molecule has 0 radical (unpaired) electrons. The SMILES string of the molecule is CC(=O)c1ccc(S(=N)(=O)C(C)C)cc1N1CCC2(CC1)CC2. The van der Waals surface area contributed by atoms with Gasteiger partial charge in [0.15, 0.2) is 5.78 Å². The van der Waals surface area contributed by atoms with Crippen molar-refractivity contribution in [2.75, 3.05) is 18.0 Å². The fraction of sp³-hybridized carbons (Fsp3) is 0.611. The summed E-state index contributed by atoms with van der Waals surface area (Å²) in [5, 5.41) is -0.241. The summed E-state index contributed by atoms with van der Waals surface area (Å²) in [6.45, 7) is 7.09. The van der Waals surface area contributed by atoms with Gasteiger partial charge in [-0.2, -0.15) is 0 Å². The molecule has 1 aliphatic carbocycles. The van der Waals surface area contributed by atoms with Crippen molar-refractivity contribution in [3.05, 3.63) is 23.8 Å². The zero-order chi connectivity index (χ0) is 16.8. The summed E-state index contributed by atoms with van der Waals surface area (Å²) < 4.78 is 20.9. The number of nitrogens with zero attached hydrogens (tertiary/aromatic N) is 1. The van der Waals surface area contributed by atoms with E-state index in [-0.39, 0.29) is 11.0 Å². The lowest BCUT2D eigenvalue weighted by molar-refractivity contribution is 0.101. The van der Waals surface area contributed by atoms with Crippen molar-refractivity contribution in [1.82, 2.24) is 0 Å². The van der Waals surface area contributed by atoms with Crippen molar-refractivity contribution in [2.24, 2.45) is 5.41 Å². The molecular weight excluding hydrogens is 308 g/mol. The van der Waals surface area contributed by atoms with Gasteiger partial charge in [-0.05, 0) is 70.1 Å². The van der Waals surface area contributed by atoms with Gasteiger partial charge in [-0.3, -0.25) is 4.79 Å². The molecule has 4 nitrogen and oxygen atoms in total. The van der Waals surface area contributed by atoms with Gasteiger partial charge in [0.25, 0.3) is 0 Å². The zero-order valence-electron chi connectivity index (χ0n) is 14.2. The van der Waals surface area contributed by atoms with E-state index >= 15 is 0 Å². The van der Waals surface area contributed by atoms with Gasteiger partial charge >= 0.3 is 0 Å². The molecule has 1 aliphatic heterocycles. The third kappa shape index (κ3) is 3.03. The lowest BCUT2D eigenvalue weighted by atomic mass is 9.93. The maximum absolute atomic E-state index is 12.7. The van der Waals surface area contributed by atoms with Crippen LogP contribution in [-0.2, 0) is 9.73 Å². The summed E-state index contributed by atoms with van der Waals surface area (Å²) >= 11 is 0. The monoisotopic (exact) mass is 334 g/mol. The highest BCUT2D eigenvalue weighted by Gasteiger charge is 2.44. The second-order valence-corrected chi connectivity index (χ2v) is 9.99. The molecule has 0 bridgehead atoms. The third-order valence-corrected chi connectivity index (χ3v) is 7.77. The second-order valence-electron chi connectivity index (χ2n) is 7.37. The molecule has 1 aromatic carbocycles. The summed E-state index contributed by atoms with van der Waals surface area (Å²) in [7, 11) is -2.83. The lowest BCUT2D eigenvalue weighted by Crippen LogP contribution is -2.35. The molecule has 1 saturated heterocycles. The standard InChI is InChI=1S/C18H26N2O2S/c1-13(2)23(19,22)15-4-5-16(14(3)21)17(12-15)20-10-8-18(6-7-18)9-11-20/h4-5,12-13,19H,6-11H2,1-3H3. The van der Waals surface area contributed by atoms with Crippen molar-refractivity contribution in [2.45, 2.75) is 56.6 Å². The van der Waals surface area contributed by atoms with Crippen LogP contribution in [0, 0.1) is 10.2 Å². The number of piperidine rings is 1. The molecule has 1 unspecified atom stereocenters. The first-order chi connectivity index (χ1) is 10.8. The van der Waals surface area contributed by atoms with E-state index in [4.69, 9.17) is 4.78 Å². The van der Waals surface area contributed by atoms with E-state index in [9.17, 15) is 9.00 Å². The Kier molecular flexibility index (Phi) is 4.03. The Morgan fingerprint density at radius 2 is 1.83 bits per heavy atom. The number of nitrogens with one attached hydrogen (secondary N) is 1. The van der Waals surface area contributed by atoms with Crippen LogP contribution in [0.4, 0.5) is 5.69 Å². The molecule has 0 amide bonds. The highest BCUT2D eigenvalue weighted by Crippen LogP contribution is 2.54. The maximum Gasteiger partial charge on any atom is 0.161 e. The average Bonchev–Trinajstić information content (AvgIpc) is 3.26. The Bertz CT molecular complexity index is 723. The van der Waals surface area contributed by atoms with Gasteiger partial charge < -0.3 is 4.90 Å². The van der Waals surface area contributed by atoms with Gasteiger partial charge in [0.05, 0.1) is 9.73 Å². The minimum atomic E-state index is -2.83. The number of benzene rings is 1. The molecule has 5 heteroatoms. The third-order valence-electron chi connectivity index (χ3n) is 5.48. The number of carbonyl (C=O) groups is 1. The van der Waals surface area contributed by atoms with Crippen LogP contribution in [0.25, 0.3) is 0 Å². The summed E-state index contributed by atoms with van der Waals surface area (Å²) in [4.78, 5) is 14.8. The number of rotatable bonds is 4. The van der Waals surface area contributed by atoms with Crippen molar-refractivity contribution < 1.29 is 9.00 Å². The minimum absolute atomic E-state index is 0.0271. The normalized spacial score (nSPS) is 22.2. The molecule has 1 saturated carbocycles. The minimum Gasteiger partial charge on any atom is -0.371 e. The molecule has 0 aromatic heterocycles. The number of anilines is 1. The van der Waals surface area contributed by atoms with Gasteiger partial charge in [-0.25, -0.2) is 8.99 Å². The fourth-order valence-electron chi connectivity index (χ4n) is 3.43. The summed E-state index contributed by atoms with van der Waals surface area (Å²) in [5.74, 6) is 0.0271. The Hall–Kier alpha value is -1.36. The topological polar surface area (TPSA) is 61.2 Å². The quantitative estimate of drug-likeness (QED) is 0.844. The summed E-state index contributed by atoms with van der Waals surface area (Å²) in [6.07, 6.45) is 5.03. The number of carbonyl (C=O) groups excluding carboxylic acids is 1. The van der Waals surface area contributed by atoms with Crippen LogP contribution in [0.2, 0.25) is 0 Å². The van der Waals surface area contributed by atoms with Crippen molar-refractivity contribution in [3.63, 3.8) is 0 Å². The first-order valence-corrected chi connectivity index (χ1v) is 10.0. The molecule has 2 fully saturated rings. The second kappa shape index (κ2) is 5.62. The van der Waals surface area contributed by atoms with Gasteiger partial charge in [0, 0.05) is 34.5 Å². The molecular formula is C18H26N2O2S. The van der Waals surface area contributed by atoms with Gasteiger partial charge in [0.1, 0.15) is 0 Å².